The van der Waals surface area contributed by atoms with E-state index in [0.29, 0.717) is 56.0 Å². The van der Waals surface area contributed by atoms with E-state index in [9.17, 15) is 24.9 Å². The number of pyridine rings is 1. The third kappa shape index (κ3) is 13.6. The van der Waals surface area contributed by atoms with Gasteiger partial charge in [0.1, 0.15) is 64.2 Å². The van der Waals surface area contributed by atoms with E-state index >= 15 is 0 Å². The minimum Gasteiger partial charge on any atom is -0.490 e. The number of carbonyl (C=O) groups is 3. The van der Waals surface area contributed by atoms with E-state index in [0.717, 1.165) is 35.8 Å². The molecule has 1 saturated heterocycles. The van der Waals surface area contributed by atoms with Crippen molar-refractivity contribution in [1.29, 1.82) is 10.5 Å². The lowest BCUT2D eigenvalue weighted by atomic mass is 9.96. The van der Waals surface area contributed by atoms with Crippen molar-refractivity contribution >= 4 is 81.3 Å². The van der Waals surface area contributed by atoms with Crippen molar-refractivity contribution in [2.45, 2.75) is 79.9 Å². The van der Waals surface area contributed by atoms with Crippen LogP contribution in [0.3, 0.4) is 0 Å². The highest BCUT2D eigenvalue weighted by molar-refractivity contribution is 14.1. The highest BCUT2D eigenvalue weighted by Gasteiger charge is 2.29. The second kappa shape index (κ2) is 21.1. The molecular formula is C42H45ClIN7O7S2. The molecule has 4 aromatic rings. The number of nitrogens with zero attached hydrogens (tertiary/aromatic N) is 5. The van der Waals surface area contributed by atoms with Crippen molar-refractivity contribution in [3.05, 3.63) is 75.8 Å². The van der Waals surface area contributed by atoms with Crippen molar-refractivity contribution in [3.8, 4) is 39.6 Å². The maximum absolute atomic E-state index is 13.1. The van der Waals surface area contributed by atoms with E-state index in [-0.39, 0.29) is 26.2 Å². The van der Waals surface area contributed by atoms with Gasteiger partial charge in [0.05, 0.1) is 11.3 Å². The number of alkyl carbamates (subject to hydrolysis) is 2. The Morgan fingerprint density at radius 3 is 2.25 bits per heavy atom. The Labute approximate surface area is 376 Å². The number of hydrogen-bond donors (Lipinski definition) is 2. The van der Waals surface area contributed by atoms with Gasteiger partial charge in [-0.2, -0.15) is 10.5 Å². The monoisotopic (exact) mass is 985 g/mol. The van der Waals surface area contributed by atoms with Gasteiger partial charge in [0.15, 0.2) is 3.61 Å². The third-order valence-electron chi connectivity index (χ3n) is 8.51. The van der Waals surface area contributed by atoms with Crippen LogP contribution in [0.5, 0.6) is 5.75 Å². The summed E-state index contributed by atoms with van der Waals surface area (Å²) in [5, 5.41) is 30.1. The normalized spacial score (nSPS) is 12.9. The molecule has 2 aromatic heterocycles. The molecule has 2 amide bonds. The van der Waals surface area contributed by atoms with Crippen LogP contribution in [0.25, 0.3) is 21.7 Å². The second-order valence-corrected chi connectivity index (χ2v) is 19.8. The maximum atomic E-state index is 13.1. The number of alkyl halides is 1. The molecule has 1 atom stereocenters. The third-order valence-corrected chi connectivity index (χ3v) is 10.9. The van der Waals surface area contributed by atoms with Gasteiger partial charge in [-0.15, -0.1) is 11.3 Å². The number of halogens is 2. The molecule has 3 heterocycles. The Morgan fingerprint density at radius 1 is 0.950 bits per heavy atom. The molecule has 0 unspecified atom stereocenters. The van der Waals surface area contributed by atoms with E-state index in [1.165, 1.54) is 23.1 Å². The number of carbonyl (C=O) groups excluding carboxylic acids is 3. The summed E-state index contributed by atoms with van der Waals surface area (Å²) in [5.41, 5.74) is 2.90. The Balaban J connectivity index is 1.23. The van der Waals surface area contributed by atoms with E-state index in [2.05, 4.69) is 22.8 Å². The molecule has 5 rings (SSSR count). The largest absolute Gasteiger partial charge is 0.490 e. The fraction of sp³-hybridized carbons (Fsp3) is 0.405. The number of ether oxygens (including phenoxy) is 4. The molecule has 0 spiro atoms. The van der Waals surface area contributed by atoms with Gasteiger partial charge in [-0.3, -0.25) is 0 Å². The van der Waals surface area contributed by atoms with Gasteiger partial charge < -0.3 is 34.5 Å². The Morgan fingerprint density at radius 2 is 1.63 bits per heavy atom. The molecule has 18 heteroatoms. The van der Waals surface area contributed by atoms with Gasteiger partial charge in [-0.25, -0.2) is 24.4 Å². The summed E-state index contributed by atoms with van der Waals surface area (Å²) in [6, 6.07) is 18.1. The van der Waals surface area contributed by atoms with Crippen molar-refractivity contribution in [2.75, 3.05) is 37.7 Å². The number of anilines is 1. The lowest BCUT2D eigenvalue weighted by molar-refractivity contribution is -0.147. The van der Waals surface area contributed by atoms with Crippen LogP contribution in [-0.4, -0.2) is 76.2 Å². The van der Waals surface area contributed by atoms with Gasteiger partial charge in [-0.1, -0.05) is 47.6 Å². The summed E-state index contributed by atoms with van der Waals surface area (Å²) in [6.07, 6.45) is 0.105. The zero-order chi connectivity index (χ0) is 43.5. The molecule has 1 aliphatic rings. The van der Waals surface area contributed by atoms with Crippen LogP contribution in [0.15, 0.2) is 58.9 Å². The van der Waals surface area contributed by atoms with Crippen LogP contribution in [-0.2, 0) is 24.8 Å². The Bertz CT molecular complexity index is 2230. The van der Waals surface area contributed by atoms with Crippen LogP contribution in [0, 0.1) is 22.7 Å². The SMILES string of the molecule is CC(C)(C)OC(=O)NCCC[C@H](NC(=O)OC(C)(C)I)C(=O)OCCOc1ccc(-c2c(C#N)c(SCc3csc(-c4ccc(Cl)cc4)n3)nc(N3CCC3)c2C#N)cc1. The quantitative estimate of drug-likeness (QED) is 0.0255. The molecule has 1 aliphatic heterocycles. The Hall–Kier alpha value is -4.82. The molecule has 1 fully saturated rings. The van der Waals surface area contributed by atoms with E-state index < -0.39 is 33.4 Å². The maximum Gasteiger partial charge on any atom is 0.409 e. The number of nitriles is 2. The molecule has 316 valence electrons. The van der Waals surface area contributed by atoms with Crippen molar-refractivity contribution in [2.24, 2.45) is 0 Å². The summed E-state index contributed by atoms with van der Waals surface area (Å²) in [4.78, 5) is 49.3. The average Bonchev–Trinajstić information content (AvgIpc) is 3.64. The highest BCUT2D eigenvalue weighted by Crippen LogP contribution is 2.40. The number of esters is 1. The zero-order valence-electron chi connectivity index (χ0n) is 33.8. The lowest BCUT2D eigenvalue weighted by Gasteiger charge is -2.33. The first kappa shape index (κ1) is 46.2. The standard InChI is InChI=1S/C42H45ClIN7O7S2/c1-41(2,3)57-39(53)47-17-6-8-33(49-40(54)58-42(4,5)44)38(52)56-21-20-55-30-15-11-26(12-16-30)34-31(22-45)35(51-18-7-19-51)50-37(32(34)23-46)60-25-29-24-59-36(48-29)27-9-13-28(43)14-10-27/h9-16,24,33H,6-8,17-21,25H2,1-5H3,(H,47,53)(H,49,54)/t33-/m0/s1. The molecule has 2 aromatic carbocycles. The topological polar surface area (TPSA) is 189 Å². The molecular weight excluding hydrogens is 941 g/mol. The minimum absolute atomic E-state index is 0.00162. The van der Waals surface area contributed by atoms with Crippen molar-refractivity contribution < 1.29 is 33.3 Å². The van der Waals surface area contributed by atoms with Crippen LogP contribution in [0.2, 0.25) is 5.02 Å². The van der Waals surface area contributed by atoms with E-state index in [1.807, 2.05) is 57.1 Å². The predicted molar refractivity (Wildman–Crippen MR) is 239 cm³/mol. The van der Waals surface area contributed by atoms with Crippen LogP contribution in [0.4, 0.5) is 15.4 Å². The van der Waals surface area contributed by atoms with E-state index in [1.54, 1.807) is 58.9 Å². The zero-order valence-corrected chi connectivity index (χ0v) is 38.4. The van der Waals surface area contributed by atoms with Gasteiger partial charge in [0.2, 0.25) is 0 Å². The lowest BCUT2D eigenvalue weighted by Crippen LogP contribution is -2.44. The van der Waals surface area contributed by atoms with Gasteiger partial charge in [-0.05, 0) is 106 Å². The van der Waals surface area contributed by atoms with Crippen molar-refractivity contribution in [3.63, 3.8) is 0 Å². The van der Waals surface area contributed by atoms with Crippen LogP contribution in [0.1, 0.15) is 70.7 Å². The van der Waals surface area contributed by atoms with E-state index in [4.69, 9.17) is 40.5 Å². The Kier molecular flexibility index (Phi) is 16.3. The molecule has 0 radical (unpaired) electrons. The minimum atomic E-state index is -1.04. The molecule has 2 N–H and O–H groups in total. The number of hydrogen-bond acceptors (Lipinski definition) is 14. The smallest absolute Gasteiger partial charge is 0.409 e. The summed E-state index contributed by atoms with van der Waals surface area (Å²) in [6.45, 7) is 10.3. The van der Waals surface area contributed by atoms with Gasteiger partial charge >= 0.3 is 18.2 Å². The first-order valence-corrected chi connectivity index (χ1v) is 22.4. The van der Waals surface area contributed by atoms with Gasteiger partial charge in [0.25, 0.3) is 0 Å². The molecule has 14 nitrogen and oxygen atoms in total. The molecule has 60 heavy (non-hydrogen) atoms. The van der Waals surface area contributed by atoms with Crippen LogP contribution >= 0.6 is 57.3 Å². The first-order chi connectivity index (χ1) is 28.5. The second-order valence-electron chi connectivity index (χ2n) is 14.9. The summed E-state index contributed by atoms with van der Waals surface area (Å²) in [7, 11) is 0. The summed E-state index contributed by atoms with van der Waals surface area (Å²) in [5.74, 6) is 0.787. The van der Waals surface area contributed by atoms with Gasteiger partial charge in [0, 0.05) is 46.9 Å². The van der Waals surface area contributed by atoms with Crippen molar-refractivity contribution in [1.82, 2.24) is 20.6 Å². The highest BCUT2D eigenvalue weighted by atomic mass is 127. The first-order valence-electron chi connectivity index (χ1n) is 19.0. The number of amides is 2. The summed E-state index contributed by atoms with van der Waals surface area (Å²) >= 11 is 10.9. The predicted octanol–water partition coefficient (Wildman–Crippen LogP) is 9.26. The average molecular weight is 986 g/mol. The fourth-order valence-corrected chi connectivity index (χ4v) is 7.86. The summed E-state index contributed by atoms with van der Waals surface area (Å²) < 4.78 is 21.1. The molecule has 0 saturated carbocycles. The number of rotatable bonds is 17. The number of thiazole rings is 1. The number of aromatic nitrogens is 2. The number of thioether (sulfide) groups is 1. The van der Waals surface area contributed by atoms with Crippen LogP contribution < -0.4 is 20.3 Å². The fourth-order valence-electron chi connectivity index (χ4n) is 5.72. The number of benzene rings is 2. The molecule has 0 bridgehead atoms. The molecule has 0 aliphatic carbocycles. The number of nitrogens with one attached hydrogen (secondary N) is 2.